The summed E-state index contributed by atoms with van der Waals surface area (Å²) in [4.78, 5) is 15.8. The van der Waals surface area contributed by atoms with E-state index in [1.165, 1.54) is 23.0 Å². The topological polar surface area (TPSA) is 57.0 Å². The lowest BCUT2D eigenvalue weighted by Gasteiger charge is -2.08. The van der Waals surface area contributed by atoms with Crippen LogP contribution in [0, 0.1) is 0 Å². The van der Waals surface area contributed by atoms with Gasteiger partial charge in [-0.1, -0.05) is 23.7 Å². The van der Waals surface area contributed by atoms with E-state index in [-0.39, 0.29) is 11.4 Å². The Kier molecular flexibility index (Phi) is 5.58. The average molecular weight is 378 g/mol. The number of nitrogens with zero attached hydrogens (tertiary/aromatic N) is 3. The molecule has 0 radical (unpaired) electrons. The molecule has 134 valence electrons. The zero-order valence-corrected chi connectivity index (χ0v) is 14.2. The Balaban J connectivity index is 1.76. The summed E-state index contributed by atoms with van der Waals surface area (Å²) in [5.74, 6) is -0.181. The Bertz CT molecular complexity index is 928. The fourth-order valence-corrected chi connectivity index (χ4v) is 2.47. The van der Waals surface area contributed by atoms with Crippen molar-refractivity contribution < 1.29 is 13.5 Å². The summed E-state index contributed by atoms with van der Waals surface area (Å²) in [5, 5.41) is 4.97. The highest BCUT2D eigenvalue weighted by Crippen LogP contribution is 2.18. The smallest absolute Gasteiger partial charge is 0.388 e. The molecule has 2 aromatic heterocycles. The van der Waals surface area contributed by atoms with E-state index >= 15 is 0 Å². The number of aromatic nitrogens is 3. The van der Waals surface area contributed by atoms with Crippen molar-refractivity contribution in [3.05, 3.63) is 75.7 Å². The van der Waals surface area contributed by atoms with Crippen molar-refractivity contribution in [2.45, 2.75) is 19.6 Å². The number of alkyl halides is 2. The van der Waals surface area contributed by atoms with Gasteiger partial charge >= 0.3 is 6.61 Å². The summed E-state index contributed by atoms with van der Waals surface area (Å²) in [6, 6.07) is 13.2. The first kappa shape index (κ1) is 18.0. The number of hydrogen-bond acceptors (Lipinski definition) is 4. The average Bonchev–Trinajstić information content (AvgIpc) is 2.63. The lowest BCUT2D eigenvalue weighted by molar-refractivity contribution is -0.0528. The van der Waals surface area contributed by atoms with Crippen LogP contribution in [0.1, 0.15) is 5.56 Å². The molecule has 3 aromatic rings. The first-order chi connectivity index (χ1) is 12.5. The minimum absolute atomic E-state index is 0.181. The Hall–Kier alpha value is -2.80. The highest BCUT2D eigenvalue weighted by molar-refractivity contribution is 6.30. The van der Waals surface area contributed by atoms with E-state index < -0.39 is 6.61 Å². The van der Waals surface area contributed by atoms with Gasteiger partial charge in [-0.3, -0.25) is 4.79 Å². The van der Waals surface area contributed by atoms with Gasteiger partial charge in [-0.15, -0.1) is 0 Å². The fourth-order valence-electron chi connectivity index (χ4n) is 2.34. The third-order valence-electron chi connectivity index (χ3n) is 3.63. The molecule has 0 aliphatic carbocycles. The summed E-state index contributed by atoms with van der Waals surface area (Å²) >= 11 is 5.86. The number of hydrogen-bond donors (Lipinski definition) is 0. The van der Waals surface area contributed by atoms with Crippen molar-refractivity contribution in [3.63, 3.8) is 0 Å². The lowest BCUT2D eigenvalue weighted by Crippen LogP contribution is -2.23. The van der Waals surface area contributed by atoms with E-state index in [2.05, 4.69) is 14.8 Å². The van der Waals surface area contributed by atoms with Crippen molar-refractivity contribution in [1.29, 1.82) is 0 Å². The van der Waals surface area contributed by atoms with Crippen molar-refractivity contribution in [3.8, 4) is 17.1 Å². The van der Waals surface area contributed by atoms with Gasteiger partial charge in [-0.2, -0.15) is 13.9 Å². The predicted octanol–water partition coefficient (Wildman–Crippen LogP) is 3.80. The molecule has 0 N–H and O–H groups in total. The van der Waals surface area contributed by atoms with Gasteiger partial charge < -0.3 is 4.74 Å². The number of aryl methyl sites for hydroxylation is 2. The minimum Gasteiger partial charge on any atom is -0.417 e. The molecule has 0 unspecified atom stereocenters. The Labute approximate surface area is 152 Å². The van der Waals surface area contributed by atoms with Crippen molar-refractivity contribution >= 4 is 11.6 Å². The Morgan fingerprint density at radius 3 is 2.50 bits per heavy atom. The van der Waals surface area contributed by atoms with Gasteiger partial charge in [0.15, 0.2) is 0 Å². The van der Waals surface area contributed by atoms with E-state index in [0.717, 1.165) is 5.56 Å². The molecule has 26 heavy (non-hydrogen) atoms. The Morgan fingerprint density at radius 2 is 1.85 bits per heavy atom. The first-order valence-electron chi connectivity index (χ1n) is 7.75. The van der Waals surface area contributed by atoms with E-state index in [4.69, 9.17) is 11.6 Å². The van der Waals surface area contributed by atoms with E-state index in [9.17, 15) is 13.6 Å². The summed E-state index contributed by atoms with van der Waals surface area (Å²) < 4.78 is 29.9. The van der Waals surface area contributed by atoms with Crippen LogP contribution in [0.2, 0.25) is 5.02 Å². The third-order valence-corrected chi connectivity index (χ3v) is 3.89. The van der Waals surface area contributed by atoms with Crippen molar-refractivity contribution in [2.75, 3.05) is 0 Å². The molecule has 1 aromatic carbocycles. The summed E-state index contributed by atoms with van der Waals surface area (Å²) in [6.45, 7) is -2.53. The lowest BCUT2D eigenvalue weighted by atomic mass is 10.1. The van der Waals surface area contributed by atoms with Gasteiger partial charge in [0, 0.05) is 35.5 Å². The number of pyridine rings is 1. The van der Waals surface area contributed by atoms with Gasteiger partial charge in [0.25, 0.3) is 5.56 Å². The second-order valence-electron chi connectivity index (χ2n) is 5.42. The second kappa shape index (κ2) is 8.05. The normalized spacial score (nSPS) is 10.9. The molecule has 5 nitrogen and oxygen atoms in total. The van der Waals surface area contributed by atoms with Crippen molar-refractivity contribution in [2.24, 2.45) is 0 Å². The zero-order valence-electron chi connectivity index (χ0n) is 13.5. The summed E-state index contributed by atoms with van der Waals surface area (Å²) in [7, 11) is 0. The molecule has 0 saturated heterocycles. The molecule has 0 atom stereocenters. The molecule has 0 spiro atoms. The molecule has 0 fully saturated rings. The molecule has 0 saturated carbocycles. The molecule has 0 aliphatic rings. The maximum atomic E-state index is 12.2. The van der Waals surface area contributed by atoms with Gasteiger partial charge in [-0.05, 0) is 36.2 Å². The van der Waals surface area contributed by atoms with Crippen LogP contribution in [0.15, 0.2) is 59.5 Å². The fraction of sp³-hybridized carbons (Fsp3) is 0.167. The molecule has 3 rings (SSSR count). The number of ether oxygens (including phenoxy) is 1. The Morgan fingerprint density at radius 1 is 1.08 bits per heavy atom. The zero-order chi connectivity index (χ0) is 18.5. The number of rotatable bonds is 6. The molecule has 8 heteroatoms. The van der Waals surface area contributed by atoms with E-state index in [1.54, 1.807) is 24.3 Å². The first-order valence-corrected chi connectivity index (χ1v) is 8.13. The van der Waals surface area contributed by atoms with Crippen LogP contribution < -0.4 is 10.3 Å². The maximum absolute atomic E-state index is 12.2. The maximum Gasteiger partial charge on any atom is 0.388 e. The molecular formula is C18H14ClF2N3O2. The van der Waals surface area contributed by atoms with Crippen LogP contribution in [-0.4, -0.2) is 21.4 Å². The highest BCUT2D eigenvalue weighted by atomic mass is 35.5. The largest absolute Gasteiger partial charge is 0.417 e. The third kappa shape index (κ3) is 4.64. The minimum atomic E-state index is -2.93. The second-order valence-corrected chi connectivity index (χ2v) is 5.86. The molecule has 0 amide bonds. The van der Waals surface area contributed by atoms with Crippen LogP contribution >= 0.6 is 11.6 Å². The highest BCUT2D eigenvalue weighted by Gasteiger charge is 2.08. The van der Waals surface area contributed by atoms with Gasteiger partial charge in [-0.25, -0.2) is 9.67 Å². The predicted molar refractivity (Wildman–Crippen MR) is 93.5 cm³/mol. The SMILES string of the molecule is O=c1ccc(-c2ccc(OC(F)F)nc2)nn1CCc1ccc(Cl)cc1. The molecule has 0 bridgehead atoms. The molecule has 0 aliphatic heterocycles. The monoisotopic (exact) mass is 377 g/mol. The summed E-state index contributed by atoms with van der Waals surface area (Å²) in [5.41, 5.74) is 1.90. The van der Waals surface area contributed by atoms with Gasteiger partial charge in [0.1, 0.15) is 0 Å². The standard InChI is InChI=1S/C18H14ClF2N3O2/c19-14-4-1-12(2-5-14)9-10-24-17(25)8-6-15(23-24)13-3-7-16(22-11-13)26-18(20)21/h1-8,11,18H,9-10H2. The van der Waals surface area contributed by atoms with Crippen molar-refractivity contribution in [1.82, 2.24) is 14.8 Å². The number of halogens is 3. The van der Waals surface area contributed by atoms with Crippen LogP contribution in [0.25, 0.3) is 11.3 Å². The number of benzene rings is 1. The van der Waals surface area contributed by atoms with Gasteiger partial charge in [0.2, 0.25) is 5.88 Å². The van der Waals surface area contributed by atoms with Crippen LogP contribution in [0.5, 0.6) is 5.88 Å². The van der Waals surface area contributed by atoms with Crippen LogP contribution in [0.4, 0.5) is 8.78 Å². The van der Waals surface area contributed by atoms with Crippen LogP contribution in [-0.2, 0) is 13.0 Å². The van der Waals surface area contributed by atoms with Crippen LogP contribution in [0.3, 0.4) is 0 Å². The molecular weight excluding hydrogens is 364 g/mol. The molecule has 2 heterocycles. The quantitative estimate of drug-likeness (QED) is 0.655. The van der Waals surface area contributed by atoms with E-state index in [0.29, 0.717) is 29.2 Å². The van der Waals surface area contributed by atoms with E-state index in [1.807, 2.05) is 12.1 Å². The van der Waals surface area contributed by atoms with Gasteiger partial charge in [0.05, 0.1) is 5.69 Å². The summed E-state index contributed by atoms with van der Waals surface area (Å²) in [6.07, 6.45) is 1.99.